The molecule has 1 unspecified atom stereocenters. The average Bonchev–Trinajstić information content (AvgIpc) is 2.92. The Hall–Kier alpha value is -2.53. The number of nitriles is 1. The largest absolute Gasteiger partial charge is 0.495 e. The Labute approximate surface area is 147 Å². The monoisotopic (exact) mass is 363 g/mol. The van der Waals surface area contributed by atoms with E-state index in [1.165, 1.54) is 13.3 Å². The summed E-state index contributed by atoms with van der Waals surface area (Å²) in [4.78, 5) is 14.0. The highest BCUT2D eigenvalue weighted by Gasteiger charge is 2.30. The van der Waals surface area contributed by atoms with Crippen LogP contribution in [0.4, 0.5) is 5.69 Å². The van der Waals surface area contributed by atoms with Crippen LogP contribution in [0.3, 0.4) is 0 Å². The number of hydrogen-bond donors (Lipinski definition) is 1. The molecule has 8 heteroatoms. The number of hydrogen-bond acceptors (Lipinski definition) is 6. The molecule has 0 saturated carbocycles. The zero-order valence-electron chi connectivity index (χ0n) is 14.4. The van der Waals surface area contributed by atoms with Gasteiger partial charge in [0.1, 0.15) is 17.4 Å². The van der Waals surface area contributed by atoms with Crippen molar-refractivity contribution in [1.82, 2.24) is 4.90 Å². The van der Waals surface area contributed by atoms with E-state index >= 15 is 0 Å². The number of benzene rings is 1. The van der Waals surface area contributed by atoms with Crippen LogP contribution in [0.15, 0.2) is 30.0 Å². The number of sulfone groups is 1. The molecule has 2 rings (SSSR count). The van der Waals surface area contributed by atoms with Crippen LogP contribution in [0, 0.1) is 18.3 Å². The molecule has 1 heterocycles. The molecule has 0 aromatic heterocycles. The van der Waals surface area contributed by atoms with E-state index in [0.29, 0.717) is 17.9 Å². The van der Waals surface area contributed by atoms with Crippen molar-refractivity contribution in [3.8, 4) is 11.8 Å². The maximum absolute atomic E-state index is 12.4. The highest BCUT2D eigenvalue weighted by atomic mass is 32.2. The van der Waals surface area contributed by atoms with Crippen molar-refractivity contribution < 1.29 is 17.9 Å². The Morgan fingerprint density at radius 3 is 2.76 bits per heavy atom. The van der Waals surface area contributed by atoms with E-state index in [1.807, 2.05) is 19.1 Å². The van der Waals surface area contributed by atoms with E-state index in [4.69, 9.17) is 4.74 Å². The molecule has 25 heavy (non-hydrogen) atoms. The highest BCUT2D eigenvalue weighted by Crippen LogP contribution is 2.25. The Balaban J connectivity index is 2.16. The fourth-order valence-electron chi connectivity index (χ4n) is 2.65. The summed E-state index contributed by atoms with van der Waals surface area (Å²) in [5.41, 5.74) is 1.31. The minimum Gasteiger partial charge on any atom is -0.495 e. The molecule has 1 aromatic rings. The maximum Gasteiger partial charge on any atom is 0.267 e. The molecule has 1 fully saturated rings. The van der Waals surface area contributed by atoms with Gasteiger partial charge in [0.15, 0.2) is 9.84 Å². The lowest BCUT2D eigenvalue weighted by Gasteiger charge is -2.21. The summed E-state index contributed by atoms with van der Waals surface area (Å²) in [7, 11) is 0.129. The summed E-state index contributed by atoms with van der Waals surface area (Å²) in [6.07, 6.45) is 1.88. The number of aryl methyl sites for hydroxylation is 1. The van der Waals surface area contributed by atoms with Gasteiger partial charge in [-0.05, 0) is 31.0 Å². The van der Waals surface area contributed by atoms with Crippen LogP contribution in [0.1, 0.15) is 12.0 Å². The number of carbonyl (C=O) groups is 1. The van der Waals surface area contributed by atoms with Gasteiger partial charge in [0, 0.05) is 19.3 Å². The zero-order chi connectivity index (χ0) is 18.6. The number of methoxy groups -OCH3 is 1. The third-order valence-corrected chi connectivity index (χ3v) is 5.84. The van der Waals surface area contributed by atoms with E-state index < -0.39 is 15.7 Å². The predicted molar refractivity (Wildman–Crippen MR) is 94.9 cm³/mol. The lowest BCUT2D eigenvalue weighted by Crippen LogP contribution is -2.29. The lowest BCUT2D eigenvalue weighted by atomic mass is 10.2. The molecule has 0 bridgehead atoms. The van der Waals surface area contributed by atoms with Gasteiger partial charge in [-0.1, -0.05) is 6.07 Å². The first-order valence-corrected chi connectivity index (χ1v) is 9.58. The van der Waals surface area contributed by atoms with Gasteiger partial charge in [-0.15, -0.1) is 0 Å². The van der Waals surface area contributed by atoms with E-state index in [1.54, 1.807) is 24.1 Å². The Bertz CT molecular complexity index is 840. The normalized spacial score (nSPS) is 19.1. The van der Waals surface area contributed by atoms with Crippen LogP contribution < -0.4 is 10.1 Å². The number of carbonyl (C=O) groups excluding carboxylic acids is 1. The van der Waals surface area contributed by atoms with E-state index in [9.17, 15) is 18.5 Å². The standard InChI is InChI=1S/C17H21N3O4S/c1-12-4-5-16(24-3)15(8-12)19-17(21)13(9-18)10-20(2)14-6-7-25(22,23)11-14/h4-5,8,10,14H,6-7,11H2,1-3H3,(H,19,21)/b13-10-. The molecule has 7 nitrogen and oxygen atoms in total. The second kappa shape index (κ2) is 7.57. The third-order valence-electron chi connectivity index (χ3n) is 4.09. The van der Waals surface area contributed by atoms with E-state index in [-0.39, 0.29) is 23.1 Å². The van der Waals surface area contributed by atoms with Crippen molar-refractivity contribution in [1.29, 1.82) is 5.26 Å². The summed E-state index contributed by atoms with van der Waals surface area (Å²) in [5.74, 6) is 0.0850. The summed E-state index contributed by atoms with van der Waals surface area (Å²) in [6, 6.07) is 6.97. The van der Waals surface area contributed by atoms with E-state index in [0.717, 1.165) is 5.56 Å². The number of nitrogens with one attached hydrogen (secondary N) is 1. The smallest absolute Gasteiger partial charge is 0.267 e. The topological polar surface area (TPSA) is 99.5 Å². The van der Waals surface area contributed by atoms with Crippen molar-refractivity contribution in [2.24, 2.45) is 0 Å². The second-order valence-electron chi connectivity index (χ2n) is 6.03. The first kappa shape index (κ1) is 18.8. The second-order valence-corrected chi connectivity index (χ2v) is 8.26. The minimum atomic E-state index is -3.04. The Kier molecular flexibility index (Phi) is 5.69. The third kappa shape index (κ3) is 4.73. The molecule has 0 spiro atoms. The lowest BCUT2D eigenvalue weighted by molar-refractivity contribution is -0.112. The van der Waals surface area contributed by atoms with Gasteiger partial charge in [-0.2, -0.15) is 5.26 Å². The van der Waals surface area contributed by atoms with Crippen molar-refractivity contribution in [3.63, 3.8) is 0 Å². The molecule has 1 saturated heterocycles. The molecular formula is C17H21N3O4S. The summed E-state index contributed by atoms with van der Waals surface area (Å²) >= 11 is 0. The zero-order valence-corrected chi connectivity index (χ0v) is 15.3. The number of rotatable bonds is 5. The molecule has 1 amide bonds. The van der Waals surface area contributed by atoms with Crippen LogP contribution in [-0.2, 0) is 14.6 Å². The Morgan fingerprint density at radius 2 is 2.20 bits per heavy atom. The van der Waals surface area contributed by atoms with Crippen LogP contribution in [0.5, 0.6) is 5.75 Å². The number of nitrogens with zero attached hydrogens (tertiary/aromatic N) is 2. The quantitative estimate of drug-likeness (QED) is 0.628. The van der Waals surface area contributed by atoms with Gasteiger partial charge < -0.3 is 15.0 Å². The van der Waals surface area contributed by atoms with Crippen molar-refractivity contribution in [2.75, 3.05) is 31.0 Å². The maximum atomic E-state index is 12.4. The van der Waals surface area contributed by atoms with Gasteiger partial charge in [0.2, 0.25) is 0 Å². The molecule has 1 N–H and O–H groups in total. The molecule has 1 aromatic carbocycles. The summed E-state index contributed by atoms with van der Waals surface area (Å²) in [5, 5.41) is 12.0. The minimum absolute atomic E-state index is 0.0338. The molecular weight excluding hydrogens is 342 g/mol. The molecule has 1 aliphatic rings. The SMILES string of the molecule is COc1ccc(C)cc1NC(=O)/C(C#N)=C\N(C)C1CCS(=O)(=O)C1. The molecule has 1 atom stereocenters. The van der Waals surface area contributed by atoms with E-state index in [2.05, 4.69) is 5.32 Å². The summed E-state index contributed by atoms with van der Waals surface area (Å²) in [6.45, 7) is 1.88. The van der Waals surface area contributed by atoms with Crippen LogP contribution in [0.2, 0.25) is 0 Å². The van der Waals surface area contributed by atoms with Crippen molar-refractivity contribution in [2.45, 2.75) is 19.4 Å². The van der Waals surface area contributed by atoms with Gasteiger partial charge in [-0.3, -0.25) is 4.79 Å². The Morgan fingerprint density at radius 1 is 1.48 bits per heavy atom. The van der Waals surface area contributed by atoms with Crippen molar-refractivity contribution >= 4 is 21.4 Å². The van der Waals surface area contributed by atoms with Gasteiger partial charge in [0.25, 0.3) is 5.91 Å². The summed E-state index contributed by atoms with van der Waals surface area (Å²) < 4.78 is 28.4. The van der Waals surface area contributed by atoms with Gasteiger partial charge in [0.05, 0.1) is 24.3 Å². The molecule has 134 valence electrons. The molecule has 0 radical (unpaired) electrons. The van der Waals surface area contributed by atoms with Crippen LogP contribution >= 0.6 is 0 Å². The van der Waals surface area contributed by atoms with Crippen LogP contribution in [0.25, 0.3) is 0 Å². The first-order valence-electron chi connectivity index (χ1n) is 7.76. The fourth-order valence-corrected chi connectivity index (χ4v) is 4.44. The molecule has 1 aliphatic heterocycles. The van der Waals surface area contributed by atoms with Gasteiger partial charge in [-0.25, -0.2) is 8.42 Å². The average molecular weight is 363 g/mol. The number of anilines is 1. The first-order chi connectivity index (χ1) is 11.8. The molecule has 0 aliphatic carbocycles. The fraction of sp³-hybridized carbons (Fsp3) is 0.412. The predicted octanol–water partition coefficient (Wildman–Crippen LogP) is 1.47. The van der Waals surface area contributed by atoms with Crippen molar-refractivity contribution in [3.05, 3.63) is 35.5 Å². The number of ether oxygens (including phenoxy) is 1. The number of amides is 1. The van der Waals surface area contributed by atoms with Gasteiger partial charge >= 0.3 is 0 Å². The van der Waals surface area contributed by atoms with Crippen LogP contribution in [-0.4, -0.2) is 50.9 Å². The highest BCUT2D eigenvalue weighted by molar-refractivity contribution is 7.91.